The Bertz CT molecular complexity index is 1260. The Labute approximate surface area is 231 Å². The molecule has 2 aromatic rings. The fourth-order valence-corrected chi connectivity index (χ4v) is 4.53. The zero-order valence-electron chi connectivity index (χ0n) is 23.1. The molecule has 0 N–H and O–H groups in total. The first-order chi connectivity index (χ1) is 19.0. The van der Waals surface area contributed by atoms with E-state index in [2.05, 4.69) is 9.72 Å². The number of carbonyl (C=O) groups excluding carboxylic acids is 3. The molecule has 1 aromatic carbocycles. The number of amides is 2. The van der Waals surface area contributed by atoms with Gasteiger partial charge in [0.05, 0.1) is 13.2 Å². The summed E-state index contributed by atoms with van der Waals surface area (Å²) in [5.41, 5.74) is -0.680. The fourth-order valence-electron chi connectivity index (χ4n) is 4.53. The van der Waals surface area contributed by atoms with Crippen LogP contribution < -0.4 is 19.1 Å². The van der Waals surface area contributed by atoms with Gasteiger partial charge in [-0.15, -0.1) is 0 Å². The van der Waals surface area contributed by atoms with Crippen molar-refractivity contribution in [1.82, 2.24) is 14.8 Å². The van der Waals surface area contributed by atoms with Crippen LogP contribution in [-0.2, 0) is 9.59 Å². The Morgan fingerprint density at radius 1 is 1.15 bits per heavy atom. The molecule has 0 bridgehead atoms. The zero-order chi connectivity index (χ0) is 29.0. The summed E-state index contributed by atoms with van der Waals surface area (Å²) in [6.07, 6.45) is 2.05. The lowest BCUT2D eigenvalue weighted by atomic mass is 9.95. The van der Waals surface area contributed by atoms with Gasteiger partial charge >= 0.3 is 12.6 Å². The number of hydrogen-bond acceptors (Lipinski definition) is 8. The van der Waals surface area contributed by atoms with Gasteiger partial charge in [0, 0.05) is 51.4 Å². The Kier molecular flexibility index (Phi) is 8.75. The lowest BCUT2D eigenvalue weighted by Crippen LogP contribution is -2.67. The molecule has 2 amide bonds. The van der Waals surface area contributed by atoms with Crippen LogP contribution in [0, 0.1) is 5.92 Å². The number of hydrogen-bond donors (Lipinski definition) is 0. The Morgan fingerprint density at radius 2 is 1.90 bits per heavy atom. The number of ether oxygens (including phenoxy) is 3. The number of halogens is 2. The van der Waals surface area contributed by atoms with Crippen molar-refractivity contribution in [1.29, 1.82) is 0 Å². The lowest BCUT2D eigenvalue weighted by Gasteiger charge is -2.47. The minimum atomic E-state index is -3.00. The van der Waals surface area contributed by atoms with Gasteiger partial charge in [-0.05, 0) is 50.8 Å². The number of nitrogens with zero attached hydrogens (tertiary/aromatic N) is 4. The van der Waals surface area contributed by atoms with Gasteiger partial charge in [-0.1, -0.05) is 6.07 Å². The van der Waals surface area contributed by atoms with Crippen LogP contribution in [0.1, 0.15) is 44.1 Å². The second-order valence-corrected chi connectivity index (χ2v) is 10.2. The Hall–Kier alpha value is -3.96. The molecule has 0 spiro atoms. The number of esters is 1. The number of rotatable bonds is 10. The first kappa shape index (κ1) is 29.0. The number of pyridine rings is 1. The molecular weight excluding hydrogens is 526 g/mol. The van der Waals surface area contributed by atoms with Crippen molar-refractivity contribution in [2.24, 2.45) is 5.92 Å². The highest BCUT2D eigenvalue weighted by atomic mass is 19.3. The quantitative estimate of drug-likeness (QED) is 0.407. The van der Waals surface area contributed by atoms with E-state index in [9.17, 15) is 23.2 Å². The Balaban J connectivity index is 1.57. The zero-order valence-corrected chi connectivity index (χ0v) is 23.1. The van der Waals surface area contributed by atoms with E-state index in [4.69, 9.17) is 9.47 Å². The summed E-state index contributed by atoms with van der Waals surface area (Å²) in [5.74, 6) is -0.911. The van der Waals surface area contributed by atoms with Gasteiger partial charge in [-0.25, -0.2) is 9.78 Å². The summed E-state index contributed by atoms with van der Waals surface area (Å²) >= 11 is 0. The molecule has 1 atom stereocenters. The van der Waals surface area contributed by atoms with Gasteiger partial charge in [-0.2, -0.15) is 8.78 Å². The van der Waals surface area contributed by atoms with Crippen molar-refractivity contribution in [3.05, 3.63) is 42.1 Å². The molecule has 1 aliphatic heterocycles. The maximum Gasteiger partial charge on any atom is 0.387 e. The molecule has 2 aliphatic rings. The molecule has 0 radical (unpaired) electrons. The average molecular weight is 561 g/mol. The summed E-state index contributed by atoms with van der Waals surface area (Å²) in [4.78, 5) is 47.6. The van der Waals surface area contributed by atoms with Crippen LogP contribution in [0.3, 0.4) is 0 Å². The van der Waals surface area contributed by atoms with Crippen molar-refractivity contribution < 1.29 is 37.4 Å². The third kappa shape index (κ3) is 6.60. The van der Waals surface area contributed by atoms with E-state index < -0.39 is 18.1 Å². The fraction of sp³-hybridized carbons (Fsp3) is 0.500. The molecule has 1 saturated carbocycles. The van der Waals surface area contributed by atoms with Crippen LogP contribution in [0.4, 0.5) is 14.5 Å². The molecular formula is C28H34F2N4O6. The van der Waals surface area contributed by atoms with Crippen LogP contribution in [0.5, 0.6) is 17.4 Å². The third-order valence-electron chi connectivity index (χ3n) is 7.15. The number of carbonyl (C=O) groups is 3. The van der Waals surface area contributed by atoms with Crippen LogP contribution in [0.15, 0.2) is 36.4 Å². The van der Waals surface area contributed by atoms with E-state index >= 15 is 0 Å². The monoisotopic (exact) mass is 560 g/mol. The minimum absolute atomic E-state index is 0.0553. The van der Waals surface area contributed by atoms with E-state index in [0.717, 1.165) is 12.8 Å². The molecule has 1 aliphatic carbocycles. The van der Waals surface area contributed by atoms with Crippen LogP contribution in [0.25, 0.3) is 0 Å². The lowest BCUT2D eigenvalue weighted by molar-refractivity contribution is -0.155. The van der Waals surface area contributed by atoms with Crippen LogP contribution in [-0.4, -0.2) is 84.6 Å². The number of anilines is 1. The molecule has 2 heterocycles. The highest BCUT2D eigenvalue weighted by molar-refractivity contribution is 5.92. The maximum absolute atomic E-state index is 13.6. The SMILES string of the molecule is CCN(C)C(=O)c1cccc(OC(=O)C2(C)CN(c3ccc(OC(F)F)c(OCC4CC4)c3)CCN2C(C)=O)n1. The summed E-state index contributed by atoms with van der Waals surface area (Å²) in [7, 11) is 1.64. The molecule has 1 saturated heterocycles. The highest BCUT2D eigenvalue weighted by Crippen LogP contribution is 2.37. The van der Waals surface area contributed by atoms with Crippen molar-refractivity contribution in [3.63, 3.8) is 0 Å². The van der Waals surface area contributed by atoms with Gasteiger partial charge in [-0.3, -0.25) is 9.59 Å². The van der Waals surface area contributed by atoms with Crippen molar-refractivity contribution >= 4 is 23.5 Å². The molecule has 2 fully saturated rings. The van der Waals surface area contributed by atoms with Crippen LogP contribution in [0.2, 0.25) is 0 Å². The molecule has 1 aromatic heterocycles. The first-order valence-corrected chi connectivity index (χ1v) is 13.2. The molecule has 4 rings (SSSR count). The third-order valence-corrected chi connectivity index (χ3v) is 7.15. The van der Waals surface area contributed by atoms with E-state index in [0.29, 0.717) is 31.3 Å². The minimum Gasteiger partial charge on any atom is -0.489 e. The van der Waals surface area contributed by atoms with E-state index in [-0.39, 0.29) is 48.0 Å². The van der Waals surface area contributed by atoms with Crippen molar-refractivity contribution in [3.8, 4) is 17.4 Å². The molecule has 1 unspecified atom stereocenters. The smallest absolute Gasteiger partial charge is 0.387 e. The van der Waals surface area contributed by atoms with E-state index in [1.54, 1.807) is 32.2 Å². The van der Waals surface area contributed by atoms with Crippen molar-refractivity contribution in [2.75, 3.05) is 44.7 Å². The van der Waals surface area contributed by atoms with Gasteiger partial charge in [0.15, 0.2) is 17.0 Å². The van der Waals surface area contributed by atoms with Gasteiger partial charge < -0.3 is 28.9 Å². The Morgan fingerprint density at radius 3 is 2.55 bits per heavy atom. The molecule has 12 heteroatoms. The number of piperazine rings is 1. The molecule has 216 valence electrons. The number of benzene rings is 1. The average Bonchev–Trinajstić information content (AvgIpc) is 3.75. The standard InChI is InChI=1S/C28H34F2N4O6/c1-5-32(4)25(36)21-7-6-8-24(31-21)40-26(37)28(3)17-33(13-14-34(28)18(2)35)20-11-12-22(39-27(29)30)23(15-20)38-16-19-9-10-19/h6-8,11-12,15,19,27H,5,9-10,13-14,16-17H2,1-4H3. The highest BCUT2D eigenvalue weighted by Gasteiger charge is 2.47. The summed E-state index contributed by atoms with van der Waals surface area (Å²) in [6, 6.07) is 9.19. The topological polar surface area (TPSA) is 102 Å². The maximum atomic E-state index is 13.6. The largest absolute Gasteiger partial charge is 0.489 e. The van der Waals surface area contributed by atoms with E-state index in [1.807, 2.05) is 11.8 Å². The second-order valence-electron chi connectivity index (χ2n) is 10.2. The number of aromatic nitrogens is 1. The summed E-state index contributed by atoms with van der Waals surface area (Å²) in [6.45, 7) is 3.32. The molecule has 40 heavy (non-hydrogen) atoms. The summed E-state index contributed by atoms with van der Waals surface area (Å²) < 4.78 is 42.0. The van der Waals surface area contributed by atoms with Gasteiger partial charge in [0.2, 0.25) is 11.8 Å². The molecule has 10 nitrogen and oxygen atoms in total. The summed E-state index contributed by atoms with van der Waals surface area (Å²) in [5, 5.41) is 0. The van der Waals surface area contributed by atoms with Crippen molar-refractivity contribution in [2.45, 2.75) is 45.8 Å². The second kappa shape index (κ2) is 12.1. The van der Waals surface area contributed by atoms with Gasteiger partial charge in [0.1, 0.15) is 5.69 Å². The number of alkyl halides is 2. The predicted molar refractivity (Wildman–Crippen MR) is 142 cm³/mol. The van der Waals surface area contributed by atoms with Crippen LogP contribution >= 0.6 is 0 Å². The van der Waals surface area contributed by atoms with E-state index in [1.165, 1.54) is 34.9 Å². The predicted octanol–water partition coefficient (Wildman–Crippen LogP) is 3.60. The normalized spacial score (nSPS) is 18.9. The first-order valence-electron chi connectivity index (χ1n) is 13.2. The van der Waals surface area contributed by atoms with Gasteiger partial charge in [0.25, 0.3) is 5.91 Å².